The van der Waals surface area contributed by atoms with Gasteiger partial charge in [-0.25, -0.2) is 0 Å². The molecule has 0 spiro atoms. The summed E-state index contributed by atoms with van der Waals surface area (Å²) in [7, 11) is 0. The first-order chi connectivity index (χ1) is 6.74. The van der Waals surface area contributed by atoms with E-state index in [1.807, 2.05) is 18.2 Å². The number of benzene rings is 1. The molecule has 2 heterocycles. The van der Waals surface area contributed by atoms with Crippen molar-refractivity contribution >= 4 is 27.6 Å². The molecule has 0 amide bonds. The molecule has 3 aromatic rings. The van der Waals surface area contributed by atoms with E-state index in [0.717, 1.165) is 21.8 Å². The number of anilines is 1. The monoisotopic (exact) mass is 187 g/mol. The minimum atomic E-state index is 0.167. The van der Waals surface area contributed by atoms with Crippen LogP contribution in [0, 0.1) is 0 Å². The molecular weight excluding hydrogens is 178 g/mol. The van der Waals surface area contributed by atoms with E-state index in [-0.39, 0.29) is 5.88 Å². The number of rotatable bonds is 0. The average Bonchev–Trinajstić information content (AvgIpc) is 2.65. The van der Waals surface area contributed by atoms with Gasteiger partial charge in [0.2, 0.25) is 0 Å². The van der Waals surface area contributed by atoms with E-state index in [4.69, 9.17) is 5.73 Å². The first-order valence-electron chi connectivity index (χ1n) is 4.33. The molecule has 70 valence electrons. The second-order valence-corrected chi connectivity index (χ2v) is 3.37. The van der Waals surface area contributed by atoms with E-state index in [2.05, 4.69) is 9.97 Å². The summed E-state index contributed by atoms with van der Waals surface area (Å²) in [5.41, 5.74) is 7.47. The summed E-state index contributed by atoms with van der Waals surface area (Å²) >= 11 is 0. The van der Waals surface area contributed by atoms with Crippen molar-refractivity contribution < 1.29 is 5.11 Å². The number of nitrogen functional groups attached to an aromatic ring is 1. The van der Waals surface area contributed by atoms with E-state index in [0.29, 0.717) is 5.82 Å². The quantitative estimate of drug-likeness (QED) is 0.434. The lowest BCUT2D eigenvalue weighted by atomic mass is 10.2. The zero-order chi connectivity index (χ0) is 9.71. The summed E-state index contributed by atoms with van der Waals surface area (Å²) in [5, 5.41) is 11.3. The van der Waals surface area contributed by atoms with Crippen LogP contribution in [0.1, 0.15) is 0 Å². The van der Waals surface area contributed by atoms with Gasteiger partial charge in [0.25, 0.3) is 0 Å². The zero-order valence-electron chi connectivity index (χ0n) is 7.33. The second-order valence-electron chi connectivity index (χ2n) is 3.37. The maximum Gasteiger partial charge on any atom is 0.189 e. The maximum atomic E-state index is 9.32. The predicted molar refractivity (Wildman–Crippen MR) is 56.2 cm³/mol. The second kappa shape index (κ2) is 2.23. The third kappa shape index (κ3) is 0.821. The van der Waals surface area contributed by atoms with Crippen LogP contribution in [0.15, 0.2) is 24.3 Å². The molecule has 4 heteroatoms. The Morgan fingerprint density at radius 3 is 2.43 bits per heavy atom. The highest BCUT2D eigenvalue weighted by molar-refractivity contribution is 6.05. The molecule has 3 rings (SSSR count). The Bertz CT molecular complexity index is 565. The first-order valence-corrected chi connectivity index (χ1v) is 4.33. The molecule has 0 aliphatic carbocycles. The van der Waals surface area contributed by atoms with Crippen molar-refractivity contribution in [3.63, 3.8) is 0 Å². The van der Waals surface area contributed by atoms with Crippen molar-refractivity contribution in [1.29, 1.82) is 0 Å². The molecule has 0 radical (unpaired) electrons. The third-order valence-electron chi connectivity index (χ3n) is 2.40. The summed E-state index contributed by atoms with van der Waals surface area (Å²) in [6.45, 7) is 0. The van der Waals surface area contributed by atoms with Crippen molar-refractivity contribution in [3.8, 4) is 5.88 Å². The van der Waals surface area contributed by atoms with Crippen LogP contribution in [-0.4, -0.2) is 15.1 Å². The molecule has 2 aromatic heterocycles. The van der Waals surface area contributed by atoms with Gasteiger partial charge < -0.3 is 20.8 Å². The maximum absolute atomic E-state index is 9.32. The van der Waals surface area contributed by atoms with Gasteiger partial charge in [-0.05, 0) is 6.07 Å². The average molecular weight is 187 g/mol. The molecule has 5 N–H and O–H groups in total. The lowest BCUT2D eigenvalue weighted by molar-refractivity contribution is 0.458. The number of aromatic hydroxyl groups is 1. The van der Waals surface area contributed by atoms with E-state index in [9.17, 15) is 5.11 Å². The highest BCUT2D eigenvalue weighted by atomic mass is 16.3. The Hall–Kier alpha value is -2.10. The number of nitrogens with two attached hydrogens (primary N) is 1. The Labute approximate surface area is 79.3 Å². The summed E-state index contributed by atoms with van der Waals surface area (Å²) in [6.07, 6.45) is 0. The Morgan fingerprint density at radius 2 is 1.64 bits per heavy atom. The van der Waals surface area contributed by atoms with Gasteiger partial charge in [0.1, 0.15) is 5.82 Å². The van der Waals surface area contributed by atoms with Crippen LogP contribution in [0.2, 0.25) is 0 Å². The summed E-state index contributed by atoms with van der Waals surface area (Å²) in [6, 6.07) is 7.47. The van der Waals surface area contributed by atoms with Crippen LogP contribution in [-0.2, 0) is 0 Å². The zero-order valence-corrected chi connectivity index (χ0v) is 7.33. The standard InChI is InChI=1S/C10H9N3O/c11-7-3-5-1-2-6-4-8(14)13-10(6)9(5)12-7/h1-4,12-14H,11H2. The SMILES string of the molecule is Nc1cc2ccc3cc(O)[nH]c3c2[nH]1. The number of hydrogen-bond donors (Lipinski definition) is 4. The molecule has 1 aromatic carbocycles. The molecular formula is C10H9N3O. The minimum absolute atomic E-state index is 0.167. The first kappa shape index (κ1) is 7.32. The van der Waals surface area contributed by atoms with Gasteiger partial charge >= 0.3 is 0 Å². The van der Waals surface area contributed by atoms with Crippen molar-refractivity contribution in [3.05, 3.63) is 24.3 Å². The van der Waals surface area contributed by atoms with Gasteiger partial charge in [-0.1, -0.05) is 12.1 Å². The molecule has 0 unspecified atom stereocenters. The number of fused-ring (bicyclic) bond motifs is 3. The normalized spacial score (nSPS) is 11.4. The van der Waals surface area contributed by atoms with Gasteiger partial charge in [-0.3, -0.25) is 0 Å². The topological polar surface area (TPSA) is 77.8 Å². The van der Waals surface area contributed by atoms with E-state index >= 15 is 0 Å². The van der Waals surface area contributed by atoms with Crippen molar-refractivity contribution in [2.75, 3.05) is 5.73 Å². The molecule has 0 aliphatic heterocycles. The van der Waals surface area contributed by atoms with Crippen molar-refractivity contribution in [2.24, 2.45) is 0 Å². The van der Waals surface area contributed by atoms with E-state index in [1.165, 1.54) is 0 Å². The van der Waals surface area contributed by atoms with Crippen LogP contribution in [0.4, 0.5) is 5.82 Å². The number of nitrogens with one attached hydrogen (secondary N) is 2. The van der Waals surface area contributed by atoms with Crippen LogP contribution in [0.5, 0.6) is 5.88 Å². The van der Waals surface area contributed by atoms with Crippen molar-refractivity contribution in [2.45, 2.75) is 0 Å². The highest BCUT2D eigenvalue weighted by Crippen LogP contribution is 2.28. The number of hydrogen-bond acceptors (Lipinski definition) is 2. The Balaban J connectivity index is 2.58. The van der Waals surface area contributed by atoms with Crippen LogP contribution in [0.3, 0.4) is 0 Å². The number of aromatic amines is 2. The van der Waals surface area contributed by atoms with Crippen LogP contribution < -0.4 is 5.73 Å². The summed E-state index contributed by atoms with van der Waals surface area (Å²) in [4.78, 5) is 5.93. The summed E-state index contributed by atoms with van der Waals surface area (Å²) in [5.74, 6) is 0.794. The van der Waals surface area contributed by atoms with E-state index in [1.54, 1.807) is 6.07 Å². The van der Waals surface area contributed by atoms with Gasteiger partial charge in [0.15, 0.2) is 5.88 Å². The molecule has 0 saturated carbocycles. The lowest BCUT2D eigenvalue weighted by Crippen LogP contribution is -1.81. The van der Waals surface area contributed by atoms with Crippen molar-refractivity contribution in [1.82, 2.24) is 9.97 Å². The largest absolute Gasteiger partial charge is 0.495 e. The number of H-pyrrole nitrogens is 2. The van der Waals surface area contributed by atoms with Gasteiger partial charge in [0, 0.05) is 16.8 Å². The smallest absolute Gasteiger partial charge is 0.189 e. The minimum Gasteiger partial charge on any atom is -0.495 e. The van der Waals surface area contributed by atoms with Gasteiger partial charge in [0.05, 0.1) is 11.0 Å². The molecule has 14 heavy (non-hydrogen) atoms. The molecule has 0 atom stereocenters. The predicted octanol–water partition coefficient (Wildman–Crippen LogP) is 1.94. The summed E-state index contributed by atoms with van der Waals surface area (Å²) < 4.78 is 0. The fourth-order valence-electron chi connectivity index (χ4n) is 1.80. The molecule has 0 fully saturated rings. The Kier molecular flexibility index (Phi) is 1.16. The third-order valence-corrected chi connectivity index (χ3v) is 2.40. The molecule has 0 bridgehead atoms. The molecule has 0 saturated heterocycles. The molecule has 4 nitrogen and oxygen atoms in total. The van der Waals surface area contributed by atoms with Crippen LogP contribution in [0.25, 0.3) is 21.8 Å². The lowest BCUT2D eigenvalue weighted by Gasteiger charge is -1.91. The van der Waals surface area contributed by atoms with E-state index < -0.39 is 0 Å². The highest BCUT2D eigenvalue weighted by Gasteiger charge is 2.05. The van der Waals surface area contributed by atoms with Gasteiger partial charge in [-0.15, -0.1) is 0 Å². The van der Waals surface area contributed by atoms with Gasteiger partial charge in [-0.2, -0.15) is 0 Å². The Morgan fingerprint density at radius 1 is 1.00 bits per heavy atom. The number of aromatic nitrogens is 2. The molecule has 0 aliphatic rings. The fourth-order valence-corrected chi connectivity index (χ4v) is 1.80. The fraction of sp³-hybridized carbons (Fsp3) is 0. The van der Waals surface area contributed by atoms with Crippen LogP contribution >= 0.6 is 0 Å².